The summed E-state index contributed by atoms with van der Waals surface area (Å²) in [4.78, 5) is 13.0. The molecule has 0 bridgehead atoms. The molecule has 6 nitrogen and oxygen atoms in total. The van der Waals surface area contributed by atoms with Crippen molar-refractivity contribution in [2.24, 2.45) is 0 Å². The fourth-order valence-electron chi connectivity index (χ4n) is 3.60. The summed E-state index contributed by atoms with van der Waals surface area (Å²) in [7, 11) is 3.21. The number of amides is 1. The third kappa shape index (κ3) is 4.54. The number of benzene rings is 2. The van der Waals surface area contributed by atoms with E-state index in [0.29, 0.717) is 47.3 Å². The number of rotatable bonds is 8. The van der Waals surface area contributed by atoms with Gasteiger partial charge in [0.25, 0.3) is 5.91 Å². The number of halogens is 1. The Bertz CT molecular complexity index is 1210. The zero-order valence-corrected chi connectivity index (χ0v) is 18.1. The number of furan rings is 1. The summed E-state index contributed by atoms with van der Waals surface area (Å²) in [5.41, 5.74) is 4.13. The van der Waals surface area contributed by atoms with Crippen molar-refractivity contribution in [3.63, 3.8) is 0 Å². The first-order chi connectivity index (χ1) is 15.1. The number of aromatic nitrogens is 1. The number of ether oxygens (including phenoxy) is 2. The van der Waals surface area contributed by atoms with E-state index in [0.717, 1.165) is 16.6 Å². The molecule has 0 fully saturated rings. The molecule has 1 N–H and O–H groups in total. The van der Waals surface area contributed by atoms with Crippen LogP contribution in [0.4, 0.5) is 0 Å². The van der Waals surface area contributed by atoms with E-state index in [1.54, 1.807) is 26.5 Å². The van der Waals surface area contributed by atoms with Crippen molar-refractivity contribution in [2.45, 2.75) is 13.0 Å². The van der Waals surface area contributed by atoms with Gasteiger partial charge in [0, 0.05) is 30.2 Å². The molecular weight excluding hydrogens is 416 g/mol. The molecule has 0 aliphatic rings. The summed E-state index contributed by atoms with van der Waals surface area (Å²) in [6.07, 6.45) is 2.29. The van der Waals surface area contributed by atoms with Gasteiger partial charge in [0.2, 0.25) is 0 Å². The Morgan fingerprint density at radius 3 is 2.65 bits per heavy atom. The lowest BCUT2D eigenvalue weighted by Gasteiger charge is -2.12. The van der Waals surface area contributed by atoms with E-state index in [4.69, 9.17) is 25.5 Å². The molecule has 0 aliphatic carbocycles. The smallest absolute Gasteiger partial charge is 0.268 e. The first-order valence-electron chi connectivity index (χ1n) is 9.89. The summed E-state index contributed by atoms with van der Waals surface area (Å²) in [5, 5.41) is 3.66. The Balaban J connectivity index is 1.48. The zero-order valence-electron chi connectivity index (χ0n) is 17.4. The number of hydrogen-bond donors (Lipinski definition) is 1. The van der Waals surface area contributed by atoms with E-state index >= 15 is 0 Å². The summed E-state index contributed by atoms with van der Waals surface area (Å²) < 4.78 is 18.1. The van der Waals surface area contributed by atoms with Gasteiger partial charge in [-0.05, 0) is 41.8 Å². The van der Waals surface area contributed by atoms with Crippen LogP contribution in [0.25, 0.3) is 11.1 Å². The molecule has 1 amide bonds. The molecular formula is C24H23ClN2O4. The van der Waals surface area contributed by atoms with Gasteiger partial charge in [-0.1, -0.05) is 29.8 Å². The third-order valence-electron chi connectivity index (χ3n) is 5.13. The lowest BCUT2D eigenvalue weighted by atomic mass is 10.1. The van der Waals surface area contributed by atoms with E-state index in [2.05, 4.69) is 5.32 Å². The third-order valence-corrected chi connectivity index (χ3v) is 5.37. The van der Waals surface area contributed by atoms with Crippen molar-refractivity contribution in [3.8, 4) is 11.5 Å². The van der Waals surface area contributed by atoms with E-state index < -0.39 is 0 Å². The quantitative estimate of drug-likeness (QED) is 0.424. The largest absolute Gasteiger partial charge is 0.493 e. The highest BCUT2D eigenvalue weighted by molar-refractivity contribution is 6.30. The first-order valence-corrected chi connectivity index (χ1v) is 10.3. The molecule has 0 aliphatic heterocycles. The summed E-state index contributed by atoms with van der Waals surface area (Å²) in [6, 6.07) is 17.0. The first kappa shape index (κ1) is 20.9. The van der Waals surface area contributed by atoms with Crippen LogP contribution in [0.5, 0.6) is 11.5 Å². The maximum absolute atomic E-state index is 13.0. The summed E-state index contributed by atoms with van der Waals surface area (Å²) in [6.45, 7) is 1.00. The molecule has 31 heavy (non-hydrogen) atoms. The predicted molar refractivity (Wildman–Crippen MR) is 120 cm³/mol. The number of nitrogens with one attached hydrogen (secondary N) is 1. The fraction of sp³-hybridized carbons (Fsp3) is 0.208. The average Bonchev–Trinajstić information content (AvgIpc) is 3.36. The van der Waals surface area contributed by atoms with Gasteiger partial charge in [0.15, 0.2) is 17.1 Å². The van der Waals surface area contributed by atoms with Crippen LogP contribution in [-0.2, 0) is 13.0 Å². The lowest BCUT2D eigenvalue weighted by Crippen LogP contribution is -2.28. The minimum Gasteiger partial charge on any atom is -0.493 e. The van der Waals surface area contributed by atoms with Crippen LogP contribution in [0.2, 0.25) is 5.02 Å². The number of nitrogens with zero attached hydrogens (tertiary/aromatic N) is 1. The number of hydrogen-bond acceptors (Lipinski definition) is 4. The van der Waals surface area contributed by atoms with Crippen LogP contribution in [-0.4, -0.2) is 31.2 Å². The van der Waals surface area contributed by atoms with E-state index in [-0.39, 0.29) is 5.91 Å². The second-order valence-electron chi connectivity index (χ2n) is 7.11. The van der Waals surface area contributed by atoms with Gasteiger partial charge in [0.1, 0.15) is 5.69 Å². The van der Waals surface area contributed by atoms with Gasteiger partial charge < -0.3 is 23.8 Å². The van der Waals surface area contributed by atoms with Crippen LogP contribution >= 0.6 is 11.6 Å². The summed E-state index contributed by atoms with van der Waals surface area (Å²) >= 11 is 6.13. The van der Waals surface area contributed by atoms with Gasteiger partial charge in [-0.15, -0.1) is 0 Å². The molecule has 4 rings (SSSR count). The lowest BCUT2D eigenvalue weighted by molar-refractivity contribution is 0.0945. The van der Waals surface area contributed by atoms with Gasteiger partial charge in [-0.2, -0.15) is 0 Å². The standard InChI is InChI=1S/C24H23ClN2O4/c1-29-21-7-6-16(13-23(21)30-2)8-10-26-24(28)20-14-22-19(9-11-31-22)27(20)15-17-4-3-5-18(25)12-17/h3-7,9,11-14H,8,10,15H2,1-2H3,(H,26,28). The van der Waals surface area contributed by atoms with Gasteiger partial charge >= 0.3 is 0 Å². The number of carbonyl (C=O) groups excluding carboxylic acids is 1. The van der Waals surface area contributed by atoms with E-state index in [9.17, 15) is 4.79 Å². The molecule has 0 saturated heterocycles. The van der Waals surface area contributed by atoms with E-state index in [1.165, 1.54) is 0 Å². The van der Waals surface area contributed by atoms with Crippen molar-refractivity contribution in [3.05, 3.63) is 82.7 Å². The van der Waals surface area contributed by atoms with Crippen LogP contribution in [0, 0.1) is 0 Å². The summed E-state index contributed by atoms with van der Waals surface area (Å²) in [5.74, 6) is 1.19. The van der Waals surface area contributed by atoms with Crippen molar-refractivity contribution in [1.29, 1.82) is 0 Å². The maximum atomic E-state index is 13.0. The monoisotopic (exact) mass is 438 g/mol. The van der Waals surface area contributed by atoms with Crippen LogP contribution in [0.1, 0.15) is 21.6 Å². The van der Waals surface area contributed by atoms with Crippen LogP contribution in [0.3, 0.4) is 0 Å². The molecule has 2 aromatic carbocycles. The molecule has 2 aromatic heterocycles. The van der Waals surface area contributed by atoms with Crippen LogP contribution < -0.4 is 14.8 Å². The predicted octanol–water partition coefficient (Wildman–Crippen LogP) is 4.93. The topological polar surface area (TPSA) is 65.6 Å². The van der Waals surface area contributed by atoms with Gasteiger partial charge in [-0.3, -0.25) is 4.79 Å². The molecule has 0 spiro atoms. The molecule has 0 radical (unpaired) electrons. The van der Waals surface area contributed by atoms with Crippen molar-refractivity contribution >= 4 is 28.6 Å². The number of fused-ring (bicyclic) bond motifs is 1. The highest BCUT2D eigenvalue weighted by atomic mass is 35.5. The second-order valence-corrected chi connectivity index (χ2v) is 7.55. The minimum absolute atomic E-state index is 0.158. The Kier molecular flexibility index (Phi) is 6.18. The normalized spacial score (nSPS) is 10.9. The highest BCUT2D eigenvalue weighted by Gasteiger charge is 2.17. The van der Waals surface area contributed by atoms with Crippen molar-refractivity contribution in [2.75, 3.05) is 20.8 Å². The van der Waals surface area contributed by atoms with Crippen LogP contribution in [0.15, 0.2) is 65.3 Å². The Morgan fingerprint density at radius 1 is 1.03 bits per heavy atom. The Labute approximate surface area is 185 Å². The van der Waals surface area contributed by atoms with Crippen molar-refractivity contribution < 1.29 is 18.7 Å². The average molecular weight is 439 g/mol. The molecule has 0 unspecified atom stereocenters. The van der Waals surface area contributed by atoms with Gasteiger partial charge in [0.05, 0.1) is 26.0 Å². The zero-order chi connectivity index (χ0) is 21.8. The molecule has 160 valence electrons. The molecule has 4 aromatic rings. The fourth-order valence-corrected chi connectivity index (χ4v) is 3.81. The molecule has 0 saturated carbocycles. The second kappa shape index (κ2) is 9.18. The highest BCUT2D eigenvalue weighted by Crippen LogP contribution is 2.28. The SMILES string of the molecule is COc1ccc(CCNC(=O)c2cc3occc3n2Cc2cccc(Cl)c2)cc1OC. The number of carbonyl (C=O) groups is 1. The molecule has 7 heteroatoms. The Hall–Kier alpha value is -3.38. The number of methoxy groups -OCH3 is 2. The van der Waals surface area contributed by atoms with Gasteiger partial charge in [-0.25, -0.2) is 0 Å². The molecule has 2 heterocycles. The maximum Gasteiger partial charge on any atom is 0.268 e. The molecule has 0 atom stereocenters. The Morgan fingerprint density at radius 2 is 1.87 bits per heavy atom. The minimum atomic E-state index is -0.158. The van der Waals surface area contributed by atoms with E-state index in [1.807, 2.05) is 53.1 Å². The van der Waals surface area contributed by atoms with Crippen molar-refractivity contribution in [1.82, 2.24) is 9.88 Å².